The van der Waals surface area contributed by atoms with E-state index in [1.165, 1.54) is 35.6 Å². The van der Waals surface area contributed by atoms with Crippen molar-refractivity contribution in [1.82, 2.24) is 10.2 Å². The Morgan fingerprint density at radius 3 is 2.50 bits per heavy atom. The molecule has 0 radical (unpaired) electrons. The average Bonchev–Trinajstić information content (AvgIpc) is 3.08. The fraction of sp³-hybridized carbons (Fsp3) is 0.389. The minimum absolute atomic E-state index is 0.0278. The molecule has 0 fully saturated rings. The molecule has 0 saturated heterocycles. The van der Waals surface area contributed by atoms with Gasteiger partial charge >= 0.3 is 5.00 Å². The number of amides is 1. The van der Waals surface area contributed by atoms with Crippen LogP contribution in [-0.2, 0) is 6.42 Å². The van der Waals surface area contributed by atoms with Crippen molar-refractivity contribution in [2.24, 2.45) is 0 Å². The van der Waals surface area contributed by atoms with Crippen molar-refractivity contribution in [3.8, 4) is 0 Å². The summed E-state index contributed by atoms with van der Waals surface area (Å²) < 4.78 is 0. The van der Waals surface area contributed by atoms with Gasteiger partial charge in [0.1, 0.15) is 0 Å². The lowest BCUT2D eigenvalue weighted by Gasteiger charge is -2.38. The van der Waals surface area contributed by atoms with Gasteiger partial charge in [-0.05, 0) is 38.0 Å². The maximum atomic E-state index is 12.2. The molecule has 2 unspecified atom stereocenters. The number of rotatable bonds is 6. The van der Waals surface area contributed by atoms with Crippen LogP contribution in [0.5, 0.6) is 0 Å². The Kier molecular flexibility index (Phi) is 5.71. The van der Waals surface area contributed by atoms with Gasteiger partial charge in [0.05, 0.1) is 9.85 Å². The fourth-order valence-corrected chi connectivity index (χ4v) is 4.71. The van der Waals surface area contributed by atoms with Gasteiger partial charge in [0.25, 0.3) is 11.6 Å². The molecular weight excluding hydrogens is 384 g/mol. The predicted octanol–water partition coefficient (Wildman–Crippen LogP) is 3.30. The summed E-state index contributed by atoms with van der Waals surface area (Å²) in [5, 5.41) is 24.7. The quantitative estimate of drug-likeness (QED) is 0.583. The van der Waals surface area contributed by atoms with Crippen LogP contribution < -0.4 is 5.32 Å². The topological polar surface area (TPSA) is 119 Å². The number of carbonyl (C=O) groups is 1. The Labute approximate surface area is 165 Å². The van der Waals surface area contributed by atoms with E-state index in [0.717, 1.165) is 16.9 Å². The number of hydrogen-bond donors (Lipinski definition) is 1. The van der Waals surface area contributed by atoms with E-state index in [1.54, 1.807) is 6.07 Å². The molecule has 2 aromatic rings. The first-order valence-corrected chi connectivity index (χ1v) is 9.65. The van der Waals surface area contributed by atoms with Crippen LogP contribution in [0.4, 0.5) is 10.7 Å². The maximum absolute atomic E-state index is 12.2. The van der Waals surface area contributed by atoms with Crippen LogP contribution in [0.15, 0.2) is 30.3 Å². The minimum Gasteiger partial charge on any atom is -0.351 e. The van der Waals surface area contributed by atoms with Crippen LogP contribution in [-0.4, -0.2) is 39.8 Å². The van der Waals surface area contributed by atoms with Crippen LogP contribution in [0, 0.1) is 20.2 Å². The molecule has 1 amide bonds. The van der Waals surface area contributed by atoms with Crippen molar-refractivity contribution in [2.75, 3.05) is 13.1 Å². The maximum Gasteiger partial charge on any atom is 0.324 e. The zero-order chi connectivity index (χ0) is 20.4. The van der Waals surface area contributed by atoms with E-state index in [4.69, 9.17) is 0 Å². The molecule has 0 saturated carbocycles. The highest BCUT2D eigenvalue weighted by Gasteiger charge is 2.32. The molecule has 1 aliphatic rings. The van der Waals surface area contributed by atoms with Crippen molar-refractivity contribution in [2.45, 2.75) is 32.4 Å². The lowest BCUT2D eigenvalue weighted by molar-refractivity contribution is -0.384. The predicted molar refractivity (Wildman–Crippen MR) is 105 cm³/mol. The molecule has 1 aromatic carbocycles. The number of carbonyl (C=O) groups excluding carboxylic acids is 1. The highest BCUT2D eigenvalue weighted by molar-refractivity contribution is 7.15. The first-order valence-electron chi connectivity index (χ1n) is 8.83. The number of fused-ring (bicyclic) bond motifs is 1. The molecule has 1 aromatic heterocycles. The Bertz CT molecular complexity index is 911. The Hall–Kier alpha value is -2.85. The largest absolute Gasteiger partial charge is 0.351 e. The van der Waals surface area contributed by atoms with E-state index in [1.807, 2.05) is 6.92 Å². The van der Waals surface area contributed by atoms with E-state index in [-0.39, 0.29) is 33.6 Å². The molecule has 0 aliphatic carbocycles. The van der Waals surface area contributed by atoms with Gasteiger partial charge in [-0.25, -0.2) is 0 Å². The zero-order valence-electron chi connectivity index (χ0n) is 15.5. The molecule has 0 bridgehead atoms. The van der Waals surface area contributed by atoms with Crippen LogP contribution in [0.3, 0.4) is 0 Å². The van der Waals surface area contributed by atoms with Crippen molar-refractivity contribution in [1.29, 1.82) is 0 Å². The van der Waals surface area contributed by atoms with Crippen LogP contribution >= 0.6 is 11.3 Å². The van der Waals surface area contributed by atoms with Crippen LogP contribution in [0.25, 0.3) is 0 Å². The Balaban J connectivity index is 1.60. The summed E-state index contributed by atoms with van der Waals surface area (Å²) in [5.41, 5.74) is 1.28. The van der Waals surface area contributed by atoms with E-state index in [0.29, 0.717) is 18.7 Å². The second-order valence-corrected chi connectivity index (χ2v) is 7.86. The SMILES string of the molecule is CC1Cc2sc([N+](=O)[O-])cc2C(C)N1CCNC(=O)c1ccc([N+](=O)[O-])cc1. The molecule has 2 heterocycles. The van der Waals surface area contributed by atoms with Crippen LogP contribution in [0.2, 0.25) is 0 Å². The fourth-order valence-electron chi connectivity index (χ4n) is 3.53. The normalized spacial score (nSPS) is 19.1. The van der Waals surface area contributed by atoms with Gasteiger partial charge in [0.2, 0.25) is 0 Å². The number of hydrogen-bond acceptors (Lipinski definition) is 7. The smallest absolute Gasteiger partial charge is 0.324 e. The summed E-state index contributed by atoms with van der Waals surface area (Å²) in [6, 6.07) is 7.34. The number of non-ortho nitro benzene ring substituents is 1. The first kappa shape index (κ1) is 19.9. The second-order valence-electron chi connectivity index (χ2n) is 6.75. The van der Waals surface area contributed by atoms with Crippen molar-refractivity contribution < 1.29 is 14.6 Å². The number of nitrogens with zero attached hydrogens (tertiary/aromatic N) is 3. The number of nitrogens with one attached hydrogen (secondary N) is 1. The summed E-state index contributed by atoms with van der Waals surface area (Å²) in [4.78, 5) is 36.4. The van der Waals surface area contributed by atoms with Crippen molar-refractivity contribution in [3.05, 3.63) is 66.6 Å². The van der Waals surface area contributed by atoms with Gasteiger partial charge in [-0.3, -0.25) is 29.9 Å². The standard InChI is InChI=1S/C18H20N4O5S/c1-11-9-16-15(10-17(28-16)22(26)27)12(2)20(11)8-7-19-18(23)13-3-5-14(6-4-13)21(24)25/h3-6,10-12H,7-9H2,1-2H3,(H,19,23). The third kappa shape index (κ3) is 4.02. The lowest BCUT2D eigenvalue weighted by Crippen LogP contribution is -2.44. The third-order valence-corrected chi connectivity index (χ3v) is 6.12. The monoisotopic (exact) mass is 404 g/mol. The molecular formula is C18H20N4O5S. The molecule has 3 rings (SSSR count). The highest BCUT2D eigenvalue weighted by Crippen LogP contribution is 2.40. The van der Waals surface area contributed by atoms with E-state index in [2.05, 4.69) is 17.1 Å². The molecule has 1 N–H and O–H groups in total. The third-order valence-electron chi connectivity index (χ3n) is 5.00. The summed E-state index contributed by atoms with van der Waals surface area (Å²) >= 11 is 1.24. The molecule has 9 nitrogen and oxygen atoms in total. The minimum atomic E-state index is -0.510. The van der Waals surface area contributed by atoms with Crippen molar-refractivity contribution >= 4 is 27.9 Å². The van der Waals surface area contributed by atoms with Gasteiger partial charge in [-0.15, -0.1) is 0 Å². The zero-order valence-corrected chi connectivity index (χ0v) is 16.3. The van der Waals surface area contributed by atoms with Gasteiger partial charge in [-0.2, -0.15) is 0 Å². The average molecular weight is 404 g/mol. The number of benzene rings is 1. The van der Waals surface area contributed by atoms with E-state index in [9.17, 15) is 25.0 Å². The Morgan fingerprint density at radius 2 is 1.89 bits per heavy atom. The molecule has 2 atom stereocenters. The lowest BCUT2D eigenvalue weighted by atomic mass is 9.96. The first-order chi connectivity index (χ1) is 13.3. The summed E-state index contributed by atoms with van der Waals surface area (Å²) in [6.07, 6.45) is 0.745. The van der Waals surface area contributed by atoms with E-state index >= 15 is 0 Å². The van der Waals surface area contributed by atoms with E-state index < -0.39 is 4.92 Å². The van der Waals surface area contributed by atoms with Gasteiger partial charge in [0.15, 0.2) is 0 Å². The Morgan fingerprint density at radius 1 is 1.21 bits per heavy atom. The summed E-state index contributed by atoms with van der Waals surface area (Å²) in [7, 11) is 0. The molecule has 10 heteroatoms. The summed E-state index contributed by atoms with van der Waals surface area (Å²) in [6.45, 7) is 5.10. The summed E-state index contributed by atoms with van der Waals surface area (Å²) in [5.74, 6) is -0.293. The molecule has 0 spiro atoms. The molecule has 28 heavy (non-hydrogen) atoms. The highest BCUT2D eigenvalue weighted by atomic mass is 32.1. The van der Waals surface area contributed by atoms with Gasteiger partial charge < -0.3 is 5.32 Å². The molecule has 1 aliphatic heterocycles. The van der Waals surface area contributed by atoms with Crippen LogP contribution in [0.1, 0.15) is 40.7 Å². The number of thiophene rings is 1. The second kappa shape index (κ2) is 8.03. The van der Waals surface area contributed by atoms with Gasteiger partial charge in [-0.1, -0.05) is 11.3 Å². The number of nitro groups is 2. The number of nitro benzene ring substituents is 1. The van der Waals surface area contributed by atoms with Gasteiger partial charge in [0, 0.05) is 53.8 Å². The molecule has 148 valence electrons. The van der Waals surface area contributed by atoms with Crippen molar-refractivity contribution in [3.63, 3.8) is 0 Å².